The van der Waals surface area contributed by atoms with Crippen molar-refractivity contribution in [3.8, 4) is 5.75 Å². The Labute approximate surface area is 144 Å². The van der Waals surface area contributed by atoms with Crippen LogP contribution in [0.25, 0.3) is 0 Å². The van der Waals surface area contributed by atoms with Crippen LogP contribution in [0.3, 0.4) is 0 Å². The van der Waals surface area contributed by atoms with Gasteiger partial charge in [0.2, 0.25) is 5.91 Å². The van der Waals surface area contributed by atoms with Crippen LogP contribution in [0.4, 0.5) is 5.69 Å². The van der Waals surface area contributed by atoms with Gasteiger partial charge in [-0.2, -0.15) is 0 Å². The number of hydrogen-bond donors (Lipinski definition) is 1. The molecule has 6 heteroatoms. The summed E-state index contributed by atoms with van der Waals surface area (Å²) in [6.45, 7) is 0. The highest BCUT2D eigenvalue weighted by Crippen LogP contribution is 2.28. The molecule has 0 spiro atoms. The predicted molar refractivity (Wildman–Crippen MR) is 94.2 cm³/mol. The smallest absolute Gasteiger partial charge is 0.234 e. The lowest BCUT2D eigenvalue weighted by Crippen LogP contribution is -2.14. The molecular weight excluding hydrogens is 341 g/mol. The van der Waals surface area contributed by atoms with Crippen LogP contribution in [0.5, 0.6) is 5.75 Å². The number of thioether (sulfide) groups is 1. The fraction of sp³-hybridized carbons (Fsp3) is 0.188. The van der Waals surface area contributed by atoms with E-state index >= 15 is 0 Å². The molecule has 0 aliphatic rings. The summed E-state index contributed by atoms with van der Waals surface area (Å²) in [5.41, 5.74) is 1.67. The van der Waals surface area contributed by atoms with E-state index in [1.54, 1.807) is 37.4 Å². The minimum atomic E-state index is -0.0617. The van der Waals surface area contributed by atoms with Gasteiger partial charge in [-0.3, -0.25) is 4.79 Å². The van der Waals surface area contributed by atoms with Crippen LogP contribution in [0.2, 0.25) is 10.0 Å². The molecule has 22 heavy (non-hydrogen) atoms. The van der Waals surface area contributed by atoms with Gasteiger partial charge in [0.25, 0.3) is 0 Å². The van der Waals surface area contributed by atoms with Crippen molar-refractivity contribution in [1.82, 2.24) is 0 Å². The lowest BCUT2D eigenvalue weighted by molar-refractivity contribution is -0.113. The number of benzene rings is 2. The van der Waals surface area contributed by atoms with Crippen molar-refractivity contribution in [2.75, 3.05) is 18.2 Å². The Kier molecular flexibility index (Phi) is 6.43. The summed E-state index contributed by atoms with van der Waals surface area (Å²) >= 11 is 13.6. The summed E-state index contributed by atoms with van der Waals surface area (Å²) in [6.07, 6.45) is 0. The molecule has 3 nitrogen and oxygen atoms in total. The van der Waals surface area contributed by atoms with Gasteiger partial charge in [-0.15, -0.1) is 11.8 Å². The molecule has 0 fully saturated rings. The molecule has 2 aromatic carbocycles. The van der Waals surface area contributed by atoms with Crippen molar-refractivity contribution in [3.63, 3.8) is 0 Å². The fourth-order valence-electron chi connectivity index (χ4n) is 1.79. The maximum atomic E-state index is 11.9. The third-order valence-corrected chi connectivity index (χ3v) is 4.74. The summed E-state index contributed by atoms with van der Waals surface area (Å²) < 4.78 is 5.07. The van der Waals surface area contributed by atoms with Gasteiger partial charge in [0.15, 0.2) is 0 Å². The van der Waals surface area contributed by atoms with Crippen LogP contribution in [-0.2, 0) is 10.5 Å². The second-order valence-electron chi connectivity index (χ2n) is 4.48. The number of hydrogen-bond acceptors (Lipinski definition) is 3. The van der Waals surface area contributed by atoms with Gasteiger partial charge in [0.05, 0.1) is 22.9 Å². The van der Waals surface area contributed by atoms with Crippen LogP contribution in [0.1, 0.15) is 5.56 Å². The third-order valence-electron chi connectivity index (χ3n) is 2.90. The van der Waals surface area contributed by atoms with Gasteiger partial charge in [-0.05, 0) is 35.9 Å². The number of rotatable bonds is 6. The number of methoxy groups -OCH3 is 1. The molecule has 0 aliphatic carbocycles. The average molecular weight is 356 g/mol. The van der Waals surface area contributed by atoms with E-state index < -0.39 is 0 Å². The van der Waals surface area contributed by atoms with Crippen LogP contribution in [0, 0.1) is 0 Å². The number of nitrogens with one attached hydrogen (secondary N) is 1. The normalized spacial score (nSPS) is 10.3. The molecule has 2 rings (SSSR count). The van der Waals surface area contributed by atoms with Gasteiger partial charge in [0.1, 0.15) is 5.75 Å². The molecule has 0 aliphatic heterocycles. The highest BCUT2D eigenvalue weighted by molar-refractivity contribution is 7.99. The first kappa shape index (κ1) is 17.0. The van der Waals surface area contributed by atoms with Gasteiger partial charge in [0, 0.05) is 11.4 Å². The fourth-order valence-corrected chi connectivity index (χ4v) is 3.07. The molecule has 0 atom stereocenters. The summed E-state index contributed by atoms with van der Waals surface area (Å²) in [6, 6.07) is 12.7. The number of carbonyl (C=O) groups is 1. The van der Waals surface area contributed by atoms with Gasteiger partial charge < -0.3 is 10.1 Å². The zero-order chi connectivity index (χ0) is 15.9. The standard InChI is InChI=1S/C16H15Cl2NO2S/c1-21-13-7-5-12(6-8-13)19-15(20)10-22-9-11-3-2-4-14(17)16(11)18/h2-8H,9-10H2,1H3,(H,19,20). The Morgan fingerprint density at radius 1 is 1.18 bits per heavy atom. The first-order valence-electron chi connectivity index (χ1n) is 6.54. The van der Waals surface area contributed by atoms with Gasteiger partial charge in [-0.25, -0.2) is 0 Å². The van der Waals surface area contributed by atoms with Crippen LogP contribution >= 0.6 is 35.0 Å². The minimum absolute atomic E-state index is 0.0617. The first-order valence-corrected chi connectivity index (χ1v) is 8.45. The van der Waals surface area contributed by atoms with E-state index in [1.807, 2.05) is 12.1 Å². The van der Waals surface area contributed by atoms with E-state index in [0.717, 1.165) is 17.0 Å². The molecule has 116 valence electrons. The maximum absolute atomic E-state index is 11.9. The molecule has 0 radical (unpaired) electrons. The molecule has 0 aromatic heterocycles. The Bertz CT molecular complexity index is 647. The molecule has 2 aromatic rings. The SMILES string of the molecule is COc1ccc(NC(=O)CSCc2cccc(Cl)c2Cl)cc1. The highest BCUT2D eigenvalue weighted by atomic mass is 35.5. The summed E-state index contributed by atoms with van der Waals surface area (Å²) in [7, 11) is 1.60. The molecule has 0 saturated carbocycles. The lowest BCUT2D eigenvalue weighted by atomic mass is 10.2. The topological polar surface area (TPSA) is 38.3 Å². The van der Waals surface area contributed by atoms with Crippen molar-refractivity contribution >= 4 is 46.6 Å². The molecule has 1 amide bonds. The average Bonchev–Trinajstić information content (AvgIpc) is 2.52. The largest absolute Gasteiger partial charge is 0.497 e. The van der Waals surface area contributed by atoms with E-state index in [2.05, 4.69) is 5.32 Å². The van der Waals surface area contributed by atoms with E-state index in [9.17, 15) is 4.79 Å². The zero-order valence-corrected chi connectivity index (χ0v) is 14.3. The number of ether oxygens (including phenoxy) is 1. The zero-order valence-electron chi connectivity index (χ0n) is 11.9. The first-order chi connectivity index (χ1) is 10.6. The van der Waals surface area contributed by atoms with Crippen LogP contribution in [-0.4, -0.2) is 18.8 Å². The second-order valence-corrected chi connectivity index (χ2v) is 6.25. The van der Waals surface area contributed by atoms with Crippen molar-refractivity contribution in [2.24, 2.45) is 0 Å². The van der Waals surface area contributed by atoms with Crippen molar-refractivity contribution in [1.29, 1.82) is 0 Å². The van der Waals surface area contributed by atoms with E-state index in [1.165, 1.54) is 11.8 Å². The van der Waals surface area contributed by atoms with Gasteiger partial charge >= 0.3 is 0 Å². The Morgan fingerprint density at radius 3 is 2.59 bits per heavy atom. The van der Waals surface area contributed by atoms with Crippen molar-refractivity contribution in [3.05, 3.63) is 58.1 Å². The predicted octanol–water partition coefficient (Wildman–Crippen LogP) is 4.87. The van der Waals surface area contributed by atoms with E-state index in [4.69, 9.17) is 27.9 Å². The van der Waals surface area contributed by atoms with E-state index in [0.29, 0.717) is 21.6 Å². The number of amides is 1. The monoisotopic (exact) mass is 355 g/mol. The maximum Gasteiger partial charge on any atom is 0.234 e. The molecule has 0 bridgehead atoms. The number of carbonyl (C=O) groups excluding carboxylic acids is 1. The molecule has 0 saturated heterocycles. The van der Waals surface area contributed by atoms with Crippen molar-refractivity contribution < 1.29 is 9.53 Å². The third kappa shape index (κ3) is 4.83. The Balaban J connectivity index is 1.81. The van der Waals surface area contributed by atoms with Crippen LogP contribution < -0.4 is 10.1 Å². The quantitative estimate of drug-likeness (QED) is 0.802. The second kappa shape index (κ2) is 8.32. The van der Waals surface area contributed by atoms with E-state index in [-0.39, 0.29) is 5.91 Å². The Morgan fingerprint density at radius 2 is 1.91 bits per heavy atom. The molecule has 0 heterocycles. The van der Waals surface area contributed by atoms with Crippen LogP contribution in [0.15, 0.2) is 42.5 Å². The molecular formula is C16H15Cl2NO2S. The number of halogens is 2. The minimum Gasteiger partial charge on any atom is -0.497 e. The summed E-state index contributed by atoms with van der Waals surface area (Å²) in [5, 5.41) is 3.91. The summed E-state index contributed by atoms with van der Waals surface area (Å²) in [5.74, 6) is 1.67. The highest BCUT2D eigenvalue weighted by Gasteiger charge is 2.07. The molecule has 1 N–H and O–H groups in total. The van der Waals surface area contributed by atoms with Gasteiger partial charge in [-0.1, -0.05) is 35.3 Å². The number of anilines is 1. The Hall–Kier alpha value is -1.36. The summed E-state index contributed by atoms with van der Waals surface area (Å²) in [4.78, 5) is 11.9. The van der Waals surface area contributed by atoms with Crippen molar-refractivity contribution in [2.45, 2.75) is 5.75 Å². The lowest BCUT2D eigenvalue weighted by Gasteiger charge is -2.07. The molecule has 0 unspecified atom stereocenters.